The number of carbonyl (C=O) groups is 2. The van der Waals surface area contributed by atoms with Crippen molar-refractivity contribution in [1.29, 1.82) is 0 Å². The quantitative estimate of drug-likeness (QED) is 0.271. The first-order valence-corrected chi connectivity index (χ1v) is 11.8. The summed E-state index contributed by atoms with van der Waals surface area (Å²) in [5.74, 6) is -2.11. The van der Waals surface area contributed by atoms with Gasteiger partial charge in [-0.1, -0.05) is 12.1 Å². The Bertz CT molecular complexity index is 1470. The standard InChI is InChI=1S/C27H27N5O5.BrH/c1-30-9-11-32(12-10-30)26(36)17-5-3-16(4-6-17)19-7-8-20-21(28-19)15-22(29-20)27(37)31(2)18-13-23(33)25(35)24(34)14-18;/h3-8,13-15,29,33-35H,9-12H2,1-2H3;1H. The molecule has 0 spiro atoms. The number of phenols is 3. The molecule has 1 aliphatic heterocycles. The Morgan fingerprint density at radius 3 is 2.18 bits per heavy atom. The smallest absolute Gasteiger partial charge is 0.274 e. The second-order valence-corrected chi connectivity index (χ2v) is 9.18. The molecule has 10 nitrogen and oxygen atoms in total. The molecule has 38 heavy (non-hydrogen) atoms. The summed E-state index contributed by atoms with van der Waals surface area (Å²) in [4.78, 5) is 38.9. The van der Waals surface area contributed by atoms with E-state index in [-0.39, 0.29) is 34.3 Å². The van der Waals surface area contributed by atoms with E-state index in [2.05, 4.69) is 21.9 Å². The van der Waals surface area contributed by atoms with Crippen LogP contribution in [0.15, 0.2) is 54.6 Å². The van der Waals surface area contributed by atoms with Crippen LogP contribution in [0.1, 0.15) is 20.8 Å². The molecule has 1 fully saturated rings. The lowest BCUT2D eigenvalue weighted by Crippen LogP contribution is -2.47. The number of H-pyrrole nitrogens is 1. The number of benzene rings is 2. The zero-order chi connectivity index (χ0) is 26.3. The molecule has 2 amide bonds. The van der Waals surface area contributed by atoms with Crippen molar-refractivity contribution < 1.29 is 24.9 Å². The minimum absolute atomic E-state index is 0. The first-order chi connectivity index (χ1) is 17.7. The van der Waals surface area contributed by atoms with Crippen LogP contribution in [-0.2, 0) is 0 Å². The van der Waals surface area contributed by atoms with Gasteiger partial charge in [-0.2, -0.15) is 0 Å². The van der Waals surface area contributed by atoms with E-state index in [0.717, 1.165) is 18.7 Å². The molecule has 2 aromatic carbocycles. The number of hydrogen-bond acceptors (Lipinski definition) is 7. The molecule has 1 saturated heterocycles. The zero-order valence-corrected chi connectivity index (χ0v) is 22.6. The Morgan fingerprint density at radius 1 is 0.921 bits per heavy atom. The van der Waals surface area contributed by atoms with Crippen molar-refractivity contribution in [1.82, 2.24) is 19.8 Å². The van der Waals surface area contributed by atoms with Crippen molar-refractivity contribution in [3.63, 3.8) is 0 Å². The molecule has 0 radical (unpaired) electrons. The van der Waals surface area contributed by atoms with Crippen molar-refractivity contribution in [3.8, 4) is 28.5 Å². The summed E-state index contributed by atoms with van der Waals surface area (Å²) in [6.45, 7) is 3.16. The molecule has 11 heteroatoms. The van der Waals surface area contributed by atoms with Crippen LogP contribution in [0.5, 0.6) is 17.2 Å². The van der Waals surface area contributed by atoms with Gasteiger partial charge in [-0.3, -0.25) is 9.59 Å². The molecule has 4 aromatic rings. The number of piperazine rings is 1. The van der Waals surface area contributed by atoms with E-state index < -0.39 is 23.2 Å². The van der Waals surface area contributed by atoms with Gasteiger partial charge in [-0.15, -0.1) is 17.0 Å². The van der Waals surface area contributed by atoms with Gasteiger partial charge in [0, 0.05) is 56.5 Å². The first kappa shape index (κ1) is 27.0. The van der Waals surface area contributed by atoms with Crippen molar-refractivity contribution >= 4 is 45.5 Å². The van der Waals surface area contributed by atoms with E-state index in [1.807, 2.05) is 41.3 Å². The molecule has 0 aliphatic carbocycles. The number of phenolic OH excluding ortho intramolecular Hbond substituents is 3. The number of rotatable bonds is 4. The number of pyridine rings is 1. The van der Waals surface area contributed by atoms with Crippen molar-refractivity contribution in [3.05, 3.63) is 65.9 Å². The minimum Gasteiger partial charge on any atom is -0.504 e. The van der Waals surface area contributed by atoms with Gasteiger partial charge in [0.05, 0.1) is 22.4 Å². The third kappa shape index (κ3) is 5.15. The number of aromatic hydroxyl groups is 3. The highest BCUT2D eigenvalue weighted by Crippen LogP contribution is 2.38. The lowest BCUT2D eigenvalue weighted by Gasteiger charge is -2.32. The Hall–Kier alpha value is -4.09. The first-order valence-electron chi connectivity index (χ1n) is 11.8. The fourth-order valence-electron chi connectivity index (χ4n) is 4.34. The number of aromatic nitrogens is 2. The molecule has 0 saturated carbocycles. The van der Waals surface area contributed by atoms with Gasteiger partial charge in [-0.25, -0.2) is 4.98 Å². The summed E-state index contributed by atoms with van der Waals surface area (Å²) < 4.78 is 0. The third-order valence-corrected chi connectivity index (χ3v) is 6.67. The molecule has 4 N–H and O–H groups in total. The second kappa shape index (κ2) is 10.7. The van der Waals surface area contributed by atoms with Gasteiger partial charge in [-0.05, 0) is 37.4 Å². The van der Waals surface area contributed by atoms with Crippen molar-refractivity contribution in [2.45, 2.75) is 0 Å². The molecule has 2 aromatic heterocycles. The van der Waals surface area contributed by atoms with E-state index in [0.29, 0.717) is 35.4 Å². The monoisotopic (exact) mass is 581 g/mol. The maximum atomic E-state index is 13.0. The van der Waals surface area contributed by atoms with Crippen LogP contribution in [0.25, 0.3) is 22.3 Å². The van der Waals surface area contributed by atoms with Crippen LogP contribution in [0.3, 0.4) is 0 Å². The average Bonchev–Trinajstić information content (AvgIpc) is 3.34. The lowest BCUT2D eigenvalue weighted by atomic mass is 10.1. The number of fused-ring (bicyclic) bond motifs is 1. The summed E-state index contributed by atoms with van der Waals surface area (Å²) >= 11 is 0. The zero-order valence-electron chi connectivity index (χ0n) is 20.9. The van der Waals surface area contributed by atoms with Crippen LogP contribution in [-0.4, -0.2) is 87.2 Å². The normalized spacial score (nSPS) is 13.8. The fraction of sp³-hybridized carbons (Fsp3) is 0.222. The van der Waals surface area contributed by atoms with Gasteiger partial charge in [0.15, 0.2) is 17.2 Å². The van der Waals surface area contributed by atoms with Crippen molar-refractivity contribution in [2.24, 2.45) is 0 Å². The van der Waals surface area contributed by atoms with Crippen LogP contribution >= 0.6 is 17.0 Å². The summed E-state index contributed by atoms with van der Waals surface area (Å²) in [7, 11) is 3.54. The van der Waals surface area contributed by atoms with Gasteiger partial charge in [0.25, 0.3) is 11.8 Å². The Labute approximate surface area is 229 Å². The van der Waals surface area contributed by atoms with Crippen LogP contribution < -0.4 is 4.90 Å². The molecule has 5 rings (SSSR count). The number of halogens is 1. The second-order valence-electron chi connectivity index (χ2n) is 9.18. The minimum atomic E-state index is -0.649. The van der Waals surface area contributed by atoms with Gasteiger partial charge in [0.2, 0.25) is 0 Å². The summed E-state index contributed by atoms with van der Waals surface area (Å²) in [5.41, 5.74) is 3.91. The summed E-state index contributed by atoms with van der Waals surface area (Å²) in [6.07, 6.45) is 0. The predicted molar refractivity (Wildman–Crippen MR) is 149 cm³/mol. The Kier molecular flexibility index (Phi) is 7.61. The third-order valence-electron chi connectivity index (χ3n) is 6.67. The molecule has 0 atom stereocenters. The highest BCUT2D eigenvalue weighted by Gasteiger charge is 2.21. The van der Waals surface area contributed by atoms with Gasteiger partial charge >= 0.3 is 0 Å². The molecule has 1 aliphatic rings. The van der Waals surface area contributed by atoms with E-state index in [9.17, 15) is 24.9 Å². The topological polar surface area (TPSA) is 133 Å². The Balaban J connectivity index is 0.00000336. The fourth-order valence-corrected chi connectivity index (χ4v) is 4.34. The molecular formula is C27H28BrN5O5. The number of aromatic amines is 1. The highest BCUT2D eigenvalue weighted by molar-refractivity contribution is 8.93. The Morgan fingerprint density at radius 2 is 1.55 bits per heavy atom. The number of anilines is 1. The predicted octanol–water partition coefficient (Wildman–Crippen LogP) is 3.59. The number of carbonyl (C=O) groups excluding carboxylic acids is 2. The van der Waals surface area contributed by atoms with Gasteiger partial charge in [0.1, 0.15) is 5.69 Å². The largest absolute Gasteiger partial charge is 0.504 e. The van der Waals surface area contributed by atoms with Crippen LogP contribution in [0.2, 0.25) is 0 Å². The van der Waals surface area contributed by atoms with Crippen LogP contribution in [0.4, 0.5) is 5.69 Å². The number of amides is 2. The molecule has 198 valence electrons. The average molecular weight is 582 g/mol. The van der Waals surface area contributed by atoms with E-state index in [4.69, 9.17) is 0 Å². The van der Waals surface area contributed by atoms with Crippen molar-refractivity contribution in [2.75, 3.05) is 45.2 Å². The van der Waals surface area contributed by atoms with Crippen LogP contribution in [0, 0.1) is 0 Å². The molecule has 0 bridgehead atoms. The lowest BCUT2D eigenvalue weighted by molar-refractivity contribution is 0.0664. The maximum Gasteiger partial charge on any atom is 0.274 e. The van der Waals surface area contributed by atoms with E-state index in [1.165, 1.54) is 24.1 Å². The number of nitrogens with zero attached hydrogens (tertiary/aromatic N) is 4. The van der Waals surface area contributed by atoms with E-state index >= 15 is 0 Å². The number of likely N-dealkylation sites (N-methyl/N-ethyl adjacent to an activating group) is 1. The maximum absolute atomic E-state index is 13.0. The van der Waals surface area contributed by atoms with E-state index in [1.54, 1.807) is 6.07 Å². The SMILES string of the molecule is Br.CN1CCN(C(=O)c2ccc(-c3ccc4[nH]c(C(=O)N(C)c5cc(O)c(O)c(O)c5)cc4n3)cc2)CC1. The molecule has 0 unspecified atom stereocenters. The van der Waals surface area contributed by atoms with Gasteiger partial charge < -0.3 is 35.0 Å². The highest BCUT2D eigenvalue weighted by atomic mass is 79.9. The summed E-state index contributed by atoms with van der Waals surface area (Å²) in [6, 6.07) is 15.0. The molecular weight excluding hydrogens is 554 g/mol. The number of hydrogen-bond donors (Lipinski definition) is 4. The summed E-state index contributed by atoms with van der Waals surface area (Å²) in [5, 5.41) is 29.1. The number of nitrogens with one attached hydrogen (secondary N) is 1. The molecule has 3 heterocycles.